The predicted molar refractivity (Wildman–Crippen MR) is 107 cm³/mol. The molecule has 0 unspecified atom stereocenters. The fourth-order valence-electron chi connectivity index (χ4n) is 3.27. The number of carbonyl (C=O) groups is 1. The Bertz CT molecular complexity index is 1400. The smallest absolute Gasteiger partial charge is 0.262 e. The molecule has 0 spiro atoms. The molecule has 0 atom stereocenters. The second-order valence-electron chi connectivity index (χ2n) is 6.31. The minimum Gasteiger partial charge on any atom is -0.495 e. The Morgan fingerprint density at radius 1 is 1.00 bits per heavy atom. The Kier molecular flexibility index (Phi) is 4.26. The Labute approximate surface area is 166 Å². The zero-order valence-corrected chi connectivity index (χ0v) is 16.6. The van der Waals surface area contributed by atoms with Crippen LogP contribution < -0.4 is 19.9 Å². The largest absolute Gasteiger partial charge is 0.495 e. The highest BCUT2D eigenvalue weighted by Gasteiger charge is 2.26. The van der Waals surface area contributed by atoms with Crippen LogP contribution >= 0.6 is 0 Å². The summed E-state index contributed by atoms with van der Waals surface area (Å²) in [6.07, 6.45) is 0. The quantitative estimate of drug-likeness (QED) is 0.560. The number of nitrogens with two attached hydrogens (primary N) is 1. The number of rotatable bonds is 5. The van der Waals surface area contributed by atoms with Crippen molar-refractivity contribution in [3.8, 4) is 5.75 Å². The van der Waals surface area contributed by atoms with Gasteiger partial charge in [-0.25, -0.2) is 22.0 Å². The molecule has 1 aliphatic rings. The molecule has 3 aromatic rings. The lowest BCUT2D eigenvalue weighted by Gasteiger charge is -2.13. The first-order valence-corrected chi connectivity index (χ1v) is 11.3. The molecule has 1 heterocycles. The van der Waals surface area contributed by atoms with Gasteiger partial charge in [0.05, 0.1) is 17.7 Å². The van der Waals surface area contributed by atoms with Crippen LogP contribution in [0.15, 0.2) is 58.3 Å². The summed E-state index contributed by atoms with van der Waals surface area (Å²) in [5, 5.41) is 8.75. The van der Waals surface area contributed by atoms with Crippen LogP contribution in [0.5, 0.6) is 5.75 Å². The fraction of sp³-hybridized carbons (Fsp3) is 0.0556. The van der Waals surface area contributed by atoms with E-state index in [1.54, 1.807) is 18.2 Å². The van der Waals surface area contributed by atoms with Gasteiger partial charge in [-0.2, -0.15) is 0 Å². The number of amides is 1. The van der Waals surface area contributed by atoms with Gasteiger partial charge >= 0.3 is 0 Å². The number of hydrogen-bond donors (Lipinski definition) is 3. The Hall–Kier alpha value is -3.15. The molecule has 0 aromatic heterocycles. The normalized spacial score (nSPS) is 13.4. The third kappa shape index (κ3) is 3.18. The summed E-state index contributed by atoms with van der Waals surface area (Å²) in [5.41, 5.74) is 0.906. The standard InChI is InChI=1S/C18H15N3O6S2/c1-27-14-7-5-10(9-16(14)28(19,23)24)21-29(25,26)15-8-6-13-17-11(15)3-2-4-12(17)18(22)20-13/h2-9,21H,1H3,(H,20,22)(H2,19,23,24). The third-order valence-electron chi connectivity index (χ3n) is 4.51. The number of ether oxygens (including phenoxy) is 1. The maximum absolute atomic E-state index is 13.0. The monoisotopic (exact) mass is 433 g/mol. The van der Waals surface area contributed by atoms with Crippen LogP contribution in [0.2, 0.25) is 0 Å². The molecule has 150 valence electrons. The molecule has 4 N–H and O–H groups in total. The number of primary sulfonamides is 1. The van der Waals surface area contributed by atoms with Crippen LogP contribution in [0.3, 0.4) is 0 Å². The van der Waals surface area contributed by atoms with E-state index in [0.717, 1.165) is 6.07 Å². The number of benzene rings is 3. The lowest BCUT2D eigenvalue weighted by Crippen LogP contribution is -2.16. The molecule has 1 aliphatic heterocycles. The summed E-state index contributed by atoms with van der Waals surface area (Å²) in [5.74, 6) is -0.313. The van der Waals surface area contributed by atoms with Gasteiger partial charge in [0.2, 0.25) is 10.0 Å². The van der Waals surface area contributed by atoms with Crippen molar-refractivity contribution in [1.82, 2.24) is 0 Å². The number of nitrogens with one attached hydrogen (secondary N) is 2. The first-order valence-electron chi connectivity index (χ1n) is 8.22. The van der Waals surface area contributed by atoms with E-state index in [9.17, 15) is 21.6 Å². The van der Waals surface area contributed by atoms with Gasteiger partial charge in [0, 0.05) is 22.0 Å². The number of carbonyl (C=O) groups excluding carboxylic acids is 1. The Balaban J connectivity index is 1.83. The van der Waals surface area contributed by atoms with Crippen LogP contribution in [0.25, 0.3) is 10.8 Å². The first kappa shape index (κ1) is 19.2. The molecule has 11 heteroatoms. The van der Waals surface area contributed by atoms with Crippen molar-refractivity contribution in [3.05, 3.63) is 54.1 Å². The van der Waals surface area contributed by atoms with Crippen LogP contribution in [-0.4, -0.2) is 29.9 Å². The molecule has 3 aromatic carbocycles. The second kappa shape index (κ2) is 6.44. The van der Waals surface area contributed by atoms with Gasteiger partial charge in [-0.15, -0.1) is 0 Å². The average Bonchev–Trinajstić information content (AvgIpc) is 2.98. The van der Waals surface area contributed by atoms with E-state index in [4.69, 9.17) is 9.88 Å². The van der Waals surface area contributed by atoms with Crippen LogP contribution in [0.1, 0.15) is 10.4 Å². The molecule has 0 radical (unpaired) electrons. The average molecular weight is 433 g/mol. The van der Waals surface area contributed by atoms with Crippen LogP contribution in [0, 0.1) is 0 Å². The lowest BCUT2D eigenvalue weighted by atomic mass is 10.1. The maximum atomic E-state index is 13.0. The van der Waals surface area contributed by atoms with Gasteiger partial charge in [0.25, 0.3) is 15.9 Å². The Morgan fingerprint density at radius 2 is 1.76 bits per heavy atom. The van der Waals surface area contributed by atoms with Crippen molar-refractivity contribution in [2.45, 2.75) is 9.79 Å². The van der Waals surface area contributed by atoms with E-state index in [1.165, 1.54) is 31.4 Å². The van der Waals surface area contributed by atoms with E-state index < -0.39 is 20.0 Å². The molecule has 0 bridgehead atoms. The highest BCUT2D eigenvalue weighted by Crippen LogP contribution is 2.37. The number of anilines is 2. The molecule has 0 saturated carbocycles. The molecule has 9 nitrogen and oxygen atoms in total. The van der Waals surface area contributed by atoms with Gasteiger partial charge in [-0.1, -0.05) is 12.1 Å². The maximum Gasteiger partial charge on any atom is 0.262 e. The summed E-state index contributed by atoms with van der Waals surface area (Å²) in [6, 6.07) is 11.4. The van der Waals surface area contributed by atoms with Crippen molar-refractivity contribution in [3.63, 3.8) is 0 Å². The zero-order chi connectivity index (χ0) is 21.0. The van der Waals surface area contributed by atoms with Crippen molar-refractivity contribution in [1.29, 1.82) is 0 Å². The van der Waals surface area contributed by atoms with Gasteiger partial charge in [-0.05, 0) is 36.4 Å². The second-order valence-corrected chi connectivity index (χ2v) is 9.49. The predicted octanol–water partition coefficient (Wildman–Crippen LogP) is 1.86. The number of sulfonamides is 2. The lowest BCUT2D eigenvalue weighted by molar-refractivity contribution is 0.103. The number of hydrogen-bond acceptors (Lipinski definition) is 6. The summed E-state index contributed by atoms with van der Waals surface area (Å²) in [6.45, 7) is 0. The van der Waals surface area contributed by atoms with Gasteiger partial charge in [-0.3, -0.25) is 9.52 Å². The topological polar surface area (TPSA) is 145 Å². The highest BCUT2D eigenvalue weighted by atomic mass is 32.2. The molecule has 4 rings (SSSR count). The van der Waals surface area contributed by atoms with E-state index in [2.05, 4.69) is 10.0 Å². The van der Waals surface area contributed by atoms with Crippen LogP contribution in [-0.2, 0) is 20.0 Å². The van der Waals surface area contributed by atoms with Crippen molar-refractivity contribution >= 4 is 48.1 Å². The highest BCUT2D eigenvalue weighted by molar-refractivity contribution is 7.93. The first-order chi connectivity index (χ1) is 13.6. The number of methoxy groups -OCH3 is 1. The molecule has 0 fully saturated rings. The zero-order valence-electron chi connectivity index (χ0n) is 15.0. The van der Waals surface area contributed by atoms with Crippen molar-refractivity contribution < 1.29 is 26.4 Å². The van der Waals surface area contributed by atoms with Gasteiger partial charge in [0.15, 0.2) is 0 Å². The molecule has 1 amide bonds. The van der Waals surface area contributed by atoms with Crippen LogP contribution in [0.4, 0.5) is 11.4 Å². The molecular weight excluding hydrogens is 418 g/mol. The van der Waals surface area contributed by atoms with E-state index in [1.807, 2.05) is 0 Å². The summed E-state index contributed by atoms with van der Waals surface area (Å²) < 4.78 is 56.9. The van der Waals surface area contributed by atoms with Crippen molar-refractivity contribution in [2.75, 3.05) is 17.1 Å². The molecule has 29 heavy (non-hydrogen) atoms. The molecule has 0 aliphatic carbocycles. The summed E-state index contributed by atoms with van der Waals surface area (Å²) in [4.78, 5) is 11.6. The van der Waals surface area contributed by atoms with E-state index in [-0.39, 0.29) is 27.1 Å². The van der Waals surface area contributed by atoms with Gasteiger partial charge < -0.3 is 10.1 Å². The van der Waals surface area contributed by atoms with E-state index >= 15 is 0 Å². The summed E-state index contributed by atoms with van der Waals surface area (Å²) in [7, 11) is -6.97. The Morgan fingerprint density at radius 3 is 2.45 bits per heavy atom. The summed E-state index contributed by atoms with van der Waals surface area (Å²) >= 11 is 0. The van der Waals surface area contributed by atoms with Gasteiger partial charge in [0.1, 0.15) is 10.6 Å². The minimum atomic E-state index is -4.14. The minimum absolute atomic E-state index is 0.00715. The SMILES string of the molecule is COc1ccc(NS(=O)(=O)c2ccc3c4c(cccc24)C(=O)N3)cc1S(N)(=O)=O. The third-order valence-corrected chi connectivity index (χ3v) is 6.88. The molecular formula is C18H15N3O6S2. The fourth-order valence-corrected chi connectivity index (χ4v) is 5.25. The van der Waals surface area contributed by atoms with E-state index in [0.29, 0.717) is 22.0 Å². The molecule has 0 saturated heterocycles. The van der Waals surface area contributed by atoms with Crippen molar-refractivity contribution in [2.24, 2.45) is 5.14 Å².